The van der Waals surface area contributed by atoms with Crippen LogP contribution in [0.25, 0.3) is 0 Å². The largest absolute Gasteiger partial charge is 0.490 e. The Bertz CT molecular complexity index is 629. The van der Waals surface area contributed by atoms with E-state index in [1.807, 2.05) is 20.8 Å². The van der Waals surface area contributed by atoms with Gasteiger partial charge in [0.25, 0.3) is 0 Å². The second-order valence-corrected chi connectivity index (χ2v) is 7.65. The Morgan fingerprint density at radius 2 is 2.12 bits per heavy atom. The number of ether oxygens (including phenoxy) is 2. The van der Waals surface area contributed by atoms with E-state index in [1.165, 1.54) is 0 Å². The minimum absolute atomic E-state index is 0.259. The average Bonchev–Trinajstić information content (AvgIpc) is 2.52. The van der Waals surface area contributed by atoms with Gasteiger partial charge in [-0.05, 0) is 61.5 Å². The molecule has 0 radical (unpaired) electrons. The quantitative estimate of drug-likeness (QED) is 0.728. The first-order valence-electron chi connectivity index (χ1n) is 7.95. The van der Waals surface area contributed by atoms with E-state index in [0.717, 1.165) is 12.8 Å². The van der Waals surface area contributed by atoms with Gasteiger partial charge in [0.1, 0.15) is 16.3 Å². The van der Waals surface area contributed by atoms with Crippen molar-refractivity contribution >= 4 is 22.0 Å². The van der Waals surface area contributed by atoms with E-state index in [1.54, 1.807) is 17.2 Å². The van der Waals surface area contributed by atoms with Gasteiger partial charge in [-0.1, -0.05) is 0 Å². The van der Waals surface area contributed by atoms with Crippen LogP contribution < -0.4 is 4.74 Å². The number of nitrogens with zero attached hydrogens (tertiary/aromatic N) is 3. The van der Waals surface area contributed by atoms with Crippen LogP contribution in [0.5, 0.6) is 5.75 Å². The number of nitriles is 1. The molecule has 0 atom stereocenters. The van der Waals surface area contributed by atoms with E-state index < -0.39 is 5.60 Å². The summed E-state index contributed by atoms with van der Waals surface area (Å²) in [6.07, 6.45) is 3.00. The molecule has 1 fully saturated rings. The number of piperidine rings is 1. The SMILES string of the molecule is CC(C)(C)OC(=O)N1CCC(COc2cnc(Br)cc2C#N)CC1. The van der Waals surface area contributed by atoms with E-state index >= 15 is 0 Å². The maximum absolute atomic E-state index is 12.0. The van der Waals surface area contributed by atoms with Crippen molar-refractivity contribution in [1.29, 1.82) is 5.26 Å². The van der Waals surface area contributed by atoms with E-state index in [4.69, 9.17) is 14.7 Å². The summed E-state index contributed by atoms with van der Waals surface area (Å²) in [6, 6.07) is 3.74. The number of hydrogen-bond acceptors (Lipinski definition) is 5. The molecule has 0 aromatic carbocycles. The molecular weight excluding hydrogens is 374 g/mol. The van der Waals surface area contributed by atoms with Crippen LogP contribution in [0.4, 0.5) is 4.79 Å². The van der Waals surface area contributed by atoms with Gasteiger partial charge in [0.2, 0.25) is 0 Å². The van der Waals surface area contributed by atoms with Crippen molar-refractivity contribution in [3.8, 4) is 11.8 Å². The Hall–Kier alpha value is -1.81. The lowest BCUT2D eigenvalue weighted by Gasteiger charge is -2.33. The maximum atomic E-state index is 12.0. The van der Waals surface area contributed by atoms with Crippen LogP contribution in [0.1, 0.15) is 39.2 Å². The summed E-state index contributed by atoms with van der Waals surface area (Å²) in [5.41, 5.74) is -0.0117. The lowest BCUT2D eigenvalue weighted by molar-refractivity contribution is 0.0165. The van der Waals surface area contributed by atoms with Crippen molar-refractivity contribution in [2.45, 2.75) is 39.2 Å². The van der Waals surface area contributed by atoms with Crippen molar-refractivity contribution in [2.24, 2.45) is 5.92 Å². The molecule has 1 aromatic heterocycles. The zero-order valence-electron chi connectivity index (χ0n) is 14.2. The molecule has 0 N–H and O–H groups in total. The maximum Gasteiger partial charge on any atom is 0.410 e. The number of aromatic nitrogens is 1. The van der Waals surface area contributed by atoms with Gasteiger partial charge in [-0.3, -0.25) is 0 Å². The molecule has 2 rings (SSSR count). The zero-order valence-corrected chi connectivity index (χ0v) is 15.8. The van der Waals surface area contributed by atoms with Crippen LogP contribution in [-0.2, 0) is 4.74 Å². The van der Waals surface area contributed by atoms with Crippen molar-refractivity contribution in [1.82, 2.24) is 9.88 Å². The molecule has 0 unspecified atom stereocenters. The summed E-state index contributed by atoms with van der Waals surface area (Å²) in [4.78, 5) is 17.9. The smallest absolute Gasteiger partial charge is 0.410 e. The van der Waals surface area contributed by atoms with Crippen molar-refractivity contribution in [3.05, 3.63) is 22.4 Å². The molecule has 7 heteroatoms. The second-order valence-electron chi connectivity index (χ2n) is 6.84. The summed E-state index contributed by atoms with van der Waals surface area (Å²) in [7, 11) is 0. The lowest BCUT2D eigenvalue weighted by Crippen LogP contribution is -2.42. The molecule has 1 aromatic rings. The summed E-state index contributed by atoms with van der Waals surface area (Å²) in [5, 5.41) is 9.13. The first kappa shape index (κ1) is 18.5. The third-order valence-electron chi connectivity index (χ3n) is 3.70. The molecule has 0 aliphatic carbocycles. The highest BCUT2D eigenvalue weighted by atomic mass is 79.9. The molecule has 0 saturated carbocycles. The van der Waals surface area contributed by atoms with Crippen LogP contribution in [0.15, 0.2) is 16.9 Å². The molecule has 6 nitrogen and oxygen atoms in total. The predicted octanol–water partition coefficient (Wildman–Crippen LogP) is 3.74. The fourth-order valence-corrected chi connectivity index (χ4v) is 2.77. The standard InChI is InChI=1S/C17H22BrN3O3/c1-17(2,3)24-16(22)21-6-4-12(5-7-21)11-23-14-10-20-15(18)8-13(14)9-19/h8,10,12H,4-7,11H2,1-3H3. The van der Waals surface area contributed by atoms with Gasteiger partial charge >= 0.3 is 6.09 Å². The summed E-state index contributed by atoms with van der Waals surface area (Å²) in [5.74, 6) is 0.842. The number of carbonyl (C=O) groups is 1. The zero-order chi connectivity index (χ0) is 17.7. The Labute approximate surface area is 150 Å². The van der Waals surface area contributed by atoms with Crippen molar-refractivity contribution in [2.75, 3.05) is 19.7 Å². The summed E-state index contributed by atoms with van der Waals surface area (Å²) in [6.45, 7) is 7.43. The van der Waals surface area contributed by atoms with Gasteiger partial charge < -0.3 is 14.4 Å². The third-order valence-corrected chi connectivity index (χ3v) is 4.13. The highest BCUT2D eigenvalue weighted by Gasteiger charge is 2.27. The topological polar surface area (TPSA) is 75.4 Å². The van der Waals surface area contributed by atoms with Crippen LogP contribution in [0.2, 0.25) is 0 Å². The van der Waals surface area contributed by atoms with Gasteiger partial charge in [-0.15, -0.1) is 0 Å². The number of likely N-dealkylation sites (tertiary alicyclic amines) is 1. The molecule has 0 bridgehead atoms. The van der Waals surface area contributed by atoms with E-state index in [-0.39, 0.29) is 6.09 Å². The third kappa shape index (κ3) is 5.38. The first-order valence-corrected chi connectivity index (χ1v) is 8.74. The number of amides is 1. The normalized spacial score (nSPS) is 15.7. The second kappa shape index (κ2) is 7.84. The molecule has 2 heterocycles. The van der Waals surface area contributed by atoms with Crippen LogP contribution in [-0.4, -0.2) is 41.3 Å². The highest BCUT2D eigenvalue weighted by molar-refractivity contribution is 9.10. The summed E-state index contributed by atoms with van der Waals surface area (Å²) >= 11 is 3.24. The van der Waals surface area contributed by atoms with Gasteiger partial charge in [0, 0.05) is 13.1 Å². The Morgan fingerprint density at radius 1 is 1.46 bits per heavy atom. The molecule has 0 spiro atoms. The van der Waals surface area contributed by atoms with Gasteiger partial charge in [0.05, 0.1) is 18.4 Å². The molecule has 1 amide bonds. The van der Waals surface area contributed by atoms with E-state index in [2.05, 4.69) is 27.0 Å². The fraction of sp³-hybridized carbons (Fsp3) is 0.588. The average molecular weight is 396 g/mol. The minimum atomic E-state index is -0.473. The molecule has 1 aliphatic heterocycles. The lowest BCUT2D eigenvalue weighted by atomic mass is 9.98. The molecule has 1 aliphatic rings. The number of halogens is 1. The molecule has 24 heavy (non-hydrogen) atoms. The van der Waals surface area contributed by atoms with Crippen molar-refractivity contribution in [3.63, 3.8) is 0 Å². The fourth-order valence-electron chi connectivity index (χ4n) is 2.44. The number of rotatable bonds is 3. The minimum Gasteiger partial charge on any atom is -0.490 e. The van der Waals surface area contributed by atoms with Gasteiger partial charge in [0.15, 0.2) is 5.75 Å². The number of pyridine rings is 1. The van der Waals surface area contributed by atoms with Crippen molar-refractivity contribution < 1.29 is 14.3 Å². The Morgan fingerprint density at radius 3 is 2.71 bits per heavy atom. The highest BCUT2D eigenvalue weighted by Crippen LogP contribution is 2.24. The molecule has 130 valence electrons. The van der Waals surface area contributed by atoms with Crippen LogP contribution in [0.3, 0.4) is 0 Å². The van der Waals surface area contributed by atoms with Gasteiger partial charge in [-0.25, -0.2) is 9.78 Å². The first-order chi connectivity index (χ1) is 11.3. The Balaban J connectivity index is 1.82. The van der Waals surface area contributed by atoms with Gasteiger partial charge in [-0.2, -0.15) is 5.26 Å². The molecular formula is C17H22BrN3O3. The van der Waals surface area contributed by atoms with Crippen LogP contribution >= 0.6 is 15.9 Å². The Kier molecular flexibility index (Phi) is 6.05. The number of carbonyl (C=O) groups excluding carboxylic acids is 1. The summed E-state index contributed by atoms with van der Waals surface area (Å²) < 4.78 is 11.8. The van der Waals surface area contributed by atoms with Crippen LogP contribution in [0, 0.1) is 17.2 Å². The van der Waals surface area contributed by atoms with E-state index in [0.29, 0.717) is 41.5 Å². The van der Waals surface area contributed by atoms with E-state index in [9.17, 15) is 4.79 Å². The molecule has 1 saturated heterocycles. The monoisotopic (exact) mass is 395 g/mol. The predicted molar refractivity (Wildman–Crippen MR) is 92.7 cm³/mol. The number of hydrogen-bond donors (Lipinski definition) is 0.